The van der Waals surface area contributed by atoms with E-state index in [1.165, 1.54) is 22.0 Å². The van der Waals surface area contributed by atoms with E-state index in [-0.39, 0.29) is 0 Å². The summed E-state index contributed by atoms with van der Waals surface area (Å²) in [5, 5.41) is 4.68. The van der Waals surface area contributed by atoms with Crippen molar-refractivity contribution in [1.29, 1.82) is 0 Å². The fourth-order valence-corrected chi connectivity index (χ4v) is 3.05. The molecule has 108 valence electrons. The van der Waals surface area contributed by atoms with Gasteiger partial charge in [0.25, 0.3) is 0 Å². The molecule has 0 aliphatic heterocycles. The minimum Gasteiger partial charge on any atom is -0.343 e. The van der Waals surface area contributed by atoms with Crippen molar-refractivity contribution >= 4 is 26.8 Å². The molecule has 1 N–H and O–H groups in total. The Morgan fingerprint density at radius 2 is 1.95 bits per heavy atom. The molecule has 0 aliphatic rings. The highest BCUT2D eigenvalue weighted by Crippen LogP contribution is 2.20. The fraction of sp³-hybridized carbons (Fsp3) is 0.222. The number of hydrogen-bond acceptors (Lipinski definition) is 1. The van der Waals surface area contributed by atoms with Gasteiger partial charge in [-0.3, -0.25) is 0 Å². The van der Waals surface area contributed by atoms with E-state index in [0.717, 1.165) is 24.1 Å². The Kier molecular flexibility index (Phi) is 4.42. The molecule has 1 heterocycles. The van der Waals surface area contributed by atoms with Crippen LogP contribution in [-0.2, 0) is 13.1 Å². The highest BCUT2D eigenvalue weighted by Gasteiger charge is 2.03. The molecular weight excluding hydrogens is 324 g/mol. The highest BCUT2D eigenvalue weighted by atomic mass is 79.9. The second-order valence-corrected chi connectivity index (χ2v) is 6.16. The molecule has 0 saturated heterocycles. The Labute approximate surface area is 133 Å². The van der Waals surface area contributed by atoms with E-state index in [9.17, 15) is 0 Å². The average molecular weight is 343 g/mol. The normalized spacial score (nSPS) is 11.1. The maximum absolute atomic E-state index is 3.53. The molecule has 0 radical (unpaired) electrons. The summed E-state index contributed by atoms with van der Waals surface area (Å²) >= 11 is 3.53. The summed E-state index contributed by atoms with van der Waals surface area (Å²) < 4.78 is 3.43. The number of nitrogens with zero attached hydrogens (tertiary/aromatic N) is 1. The average Bonchev–Trinajstić information content (AvgIpc) is 2.87. The first-order valence-electron chi connectivity index (χ1n) is 7.29. The van der Waals surface area contributed by atoms with E-state index < -0.39 is 0 Å². The molecule has 3 rings (SSSR count). The number of aromatic nitrogens is 1. The summed E-state index contributed by atoms with van der Waals surface area (Å²) in [4.78, 5) is 0. The van der Waals surface area contributed by atoms with Gasteiger partial charge in [0.1, 0.15) is 0 Å². The van der Waals surface area contributed by atoms with Crippen LogP contribution in [-0.4, -0.2) is 11.1 Å². The largest absolute Gasteiger partial charge is 0.343 e. The number of halogens is 1. The lowest BCUT2D eigenvalue weighted by Crippen LogP contribution is -2.11. The summed E-state index contributed by atoms with van der Waals surface area (Å²) in [6.45, 7) is 4.97. The summed E-state index contributed by atoms with van der Waals surface area (Å²) in [5.41, 5.74) is 3.93. The van der Waals surface area contributed by atoms with Gasteiger partial charge in [-0.05, 0) is 53.4 Å². The maximum atomic E-state index is 3.53. The molecule has 3 heteroatoms. The van der Waals surface area contributed by atoms with E-state index in [2.05, 4.69) is 87.5 Å². The molecular formula is C18H19BrN2. The molecule has 0 spiro atoms. The monoisotopic (exact) mass is 342 g/mol. The van der Waals surface area contributed by atoms with Crippen molar-refractivity contribution in [1.82, 2.24) is 9.88 Å². The maximum Gasteiger partial charge on any atom is 0.0483 e. The molecule has 0 unspecified atom stereocenters. The molecule has 0 atom stereocenters. The van der Waals surface area contributed by atoms with E-state index in [0.29, 0.717) is 0 Å². The summed E-state index contributed by atoms with van der Waals surface area (Å²) in [5.74, 6) is 0. The molecule has 21 heavy (non-hydrogen) atoms. The van der Waals surface area contributed by atoms with Crippen LogP contribution in [0.25, 0.3) is 10.9 Å². The zero-order valence-electron chi connectivity index (χ0n) is 12.1. The first-order chi connectivity index (χ1) is 10.3. The molecule has 2 nitrogen and oxygen atoms in total. The van der Waals surface area contributed by atoms with Crippen molar-refractivity contribution in [2.24, 2.45) is 0 Å². The van der Waals surface area contributed by atoms with Gasteiger partial charge in [-0.2, -0.15) is 0 Å². The number of nitrogens with one attached hydrogen (secondary N) is 1. The van der Waals surface area contributed by atoms with Gasteiger partial charge in [-0.25, -0.2) is 0 Å². The van der Waals surface area contributed by atoms with Crippen LogP contribution in [0.5, 0.6) is 0 Å². The second-order valence-electron chi connectivity index (χ2n) is 5.25. The van der Waals surface area contributed by atoms with Crippen molar-refractivity contribution in [3.63, 3.8) is 0 Å². The summed E-state index contributed by atoms with van der Waals surface area (Å²) in [7, 11) is 0. The van der Waals surface area contributed by atoms with Gasteiger partial charge in [-0.1, -0.05) is 41.1 Å². The van der Waals surface area contributed by atoms with Gasteiger partial charge in [0.2, 0.25) is 0 Å². The first kappa shape index (κ1) is 14.4. The van der Waals surface area contributed by atoms with Crippen molar-refractivity contribution in [3.8, 4) is 0 Å². The SMILES string of the molecule is CCNCc1ccc2c(ccn2Cc2cccc(Br)c2)c1. The predicted molar refractivity (Wildman–Crippen MR) is 92.6 cm³/mol. The third kappa shape index (κ3) is 3.36. The lowest BCUT2D eigenvalue weighted by molar-refractivity contribution is 0.727. The standard InChI is InChI=1S/C18H19BrN2/c1-2-20-12-14-6-7-18-16(10-14)8-9-21(18)13-15-4-3-5-17(19)11-15/h3-11,20H,2,12-13H2,1H3. The Balaban J connectivity index is 1.86. The van der Waals surface area contributed by atoms with Crippen LogP contribution in [0.2, 0.25) is 0 Å². The van der Waals surface area contributed by atoms with Gasteiger partial charge in [0.05, 0.1) is 0 Å². The minimum absolute atomic E-state index is 0.898. The van der Waals surface area contributed by atoms with E-state index in [4.69, 9.17) is 0 Å². The lowest BCUT2D eigenvalue weighted by Gasteiger charge is -2.07. The van der Waals surface area contributed by atoms with Crippen LogP contribution in [0.15, 0.2) is 59.2 Å². The zero-order chi connectivity index (χ0) is 14.7. The first-order valence-corrected chi connectivity index (χ1v) is 8.08. The third-order valence-corrected chi connectivity index (χ3v) is 4.15. The topological polar surface area (TPSA) is 17.0 Å². The van der Waals surface area contributed by atoms with Crippen LogP contribution in [0.4, 0.5) is 0 Å². The molecule has 1 aromatic heterocycles. The van der Waals surface area contributed by atoms with Crippen LogP contribution < -0.4 is 5.32 Å². The van der Waals surface area contributed by atoms with Crippen molar-refractivity contribution in [2.75, 3.05) is 6.54 Å². The Hall–Kier alpha value is -1.58. The van der Waals surface area contributed by atoms with Gasteiger partial charge in [0.15, 0.2) is 0 Å². The number of fused-ring (bicyclic) bond motifs is 1. The molecule has 0 amide bonds. The van der Waals surface area contributed by atoms with E-state index in [1.54, 1.807) is 0 Å². The highest BCUT2D eigenvalue weighted by molar-refractivity contribution is 9.10. The zero-order valence-corrected chi connectivity index (χ0v) is 13.7. The van der Waals surface area contributed by atoms with Crippen LogP contribution in [0.3, 0.4) is 0 Å². The minimum atomic E-state index is 0.898. The van der Waals surface area contributed by atoms with Crippen LogP contribution in [0, 0.1) is 0 Å². The lowest BCUT2D eigenvalue weighted by atomic mass is 10.1. The van der Waals surface area contributed by atoms with E-state index >= 15 is 0 Å². The van der Waals surface area contributed by atoms with Crippen molar-refractivity contribution in [2.45, 2.75) is 20.0 Å². The summed E-state index contributed by atoms with van der Waals surface area (Å²) in [6, 6.07) is 17.4. The van der Waals surface area contributed by atoms with Crippen LogP contribution >= 0.6 is 15.9 Å². The van der Waals surface area contributed by atoms with Gasteiger partial charge in [0, 0.05) is 29.3 Å². The van der Waals surface area contributed by atoms with Gasteiger partial charge >= 0.3 is 0 Å². The number of hydrogen-bond donors (Lipinski definition) is 1. The number of benzene rings is 2. The third-order valence-electron chi connectivity index (χ3n) is 3.66. The van der Waals surface area contributed by atoms with Crippen molar-refractivity contribution in [3.05, 3.63) is 70.3 Å². The smallest absolute Gasteiger partial charge is 0.0483 e. The Morgan fingerprint density at radius 3 is 2.76 bits per heavy atom. The van der Waals surface area contributed by atoms with Crippen LogP contribution in [0.1, 0.15) is 18.1 Å². The predicted octanol–water partition coefficient (Wildman–Crippen LogP) is 4.56. The molecule has 0 aliphatic carbocycles. The molecule has 0 fully saturated rings. The molecule has 2 aromatic carbocycles. The Morgan fingerprint density at radius 1 is 1.05 bits per heavy atom. The molecule has 0 bridgehead atoms. The quantitative estimate of drug-likeness (QED) is 0.719. The fourth-order valence-electron chi connectivity index (χ4n) is 2.60. The van der Waals surface area contributed by atoms with Crippen molar-refractivity contribution < 1.29 is 0 Å². The number of rotatable bonds is 5. The van der Waals surface area contributed by atoms with Gasteiger partial charge < -0.3 is 9.88 Å². The molecule has 3 aromatic rings. The summed E-state index contributed by atoms with van der Waals surface area (Å²) in [6.07, 6.45) is 2.17. The Bertz CT molecular complexity index is 746. The molecule has 0 saturated carbocycles. The van der Waals surface area contributed by atoms with Gasteiger partial charge in [-0.15, -0.1) is 0 Å². The second kappa shape index (κ2) is 6.46. The van der Waals surface area contributed by atoms with E-state index in [1.807, 2.05) is 0 Å².